The Balaban J connectivity index is 2.62. The van der Waals surface area contributed by atoms with Crippen LogP contribution in [0.25, 0.3) is 6.08 Å². The van der Waals surface area contributed by atoms with Gasteiger partial charge in [0.2, 0.25) is 0 Å². The lowest BCUT2D eigenvalue weighted by atomic mass is 10.1. The largest absolute Gasteiger partial charge is 0.319 e. The molecule has 0 heterocycles. The van der Waals surface area contributed by atoms with Gasteiger partial charge in [-0.05, 0) is 50.2 Å². The summed E-state index contributed by atoms with van der Waals surface area (Å²) in [6.07, 6.45) is 5.37. The smallest absolute Gasteiger partial charge is 0.0409 e. The van der Waals surface area contributed by atoms with Crippen LogP contribution in [0.3, 0.4) is 0 Å². The average molecular weight is 210 g/mol. The number of rotatable bonds is 4. The zero-order valence-electron chi connectivity index (χ0n) is 8.68. The van der Waals surface area contributed by atoms with Crippen molar-refractivity contribution in [1.82, 2.24) is 5.32 Å². The van der Waals surface area contributed by atoms with Gasteiger partial charge >= 0.3 is 0 Å². The van der Waals surface area contributed by atoms with Crippen LogP contribution in [0.2, 0.25) is 5.02 Å². The highest BCUT2D eigenvalue weighted by Gasteiger charge is 1.94. The highest BCUT2D eigenvalue weighted by Crippen LogP contribution is 2.16. The van der Waals surface area contributed by atoms with Gasteiger partial charge in [-0.1, -0.05) is 29.8 Å². The Bertz CT molecular complexity index is 318. The van der Waals surface area contributed by atoms with Crippen molar-refractivity contribution in [2.75, 3.05) is 13.6 Å². The normalized spacial score (nSPS) is 11.1. The molecule has 0 saturated carbocycles. The summed E-state index contributed by atoms with van der Waals surface area (Å²) in [6.45, 7) is 3.09. The molecule has 1 aromatic rings. The molecule has 14 heavy (non-hydrogen) atoms. The van der Waals surface area contributed by atoms with E-state index in [1.165, 1.54) is 11.1 Å². The Morgan fingerprint density at radius 2 is 2.21 bits per heavy atom. The molecule has 0 aliphatic heterocycles. The molecule has 1 nitrogen and oxygen atoms in total. The molecular formula is C12H16ClN. The summed E-state index contributed by atoms with van der Waals surface area (Å²) in [5.74, 6) is 0. The molecule has 0 saturated heterocycles. The second-order valence-corrected chi connectivity index (χ2v) is 3.73. The first-order valence-corrected chi connectivity index (χ1v) is 5.19. The fraction of sp³-hybridized carbons (Fsp3) is 0.333. The van der Waals surface area contributed by atoms with Gasteiger partial charge in [0.1, 0.15) is 0 Å². The third kappa shape index (κ3) is 3.52. The summed E-state index contributed by atoms with van der Waals surface area (Å²) in [5, 5.41) is 3.91. The van der Waals surface area contributed by atoms with Crippen molar-refractivity contribution in [3.05, 3.63) is 40.4 Å². The topological polar surface area (TPSA) is 12.0 Å². The van der Waals surface area contributed by atoms with Crippen LogP contribution in [-0.2, 0) is 0 Å². The van der Waals surface area contributed by atoms with Crippen LogP contribution in [0.4, 0.5) is 0 Å². The van der Waals surface area contributed by atoms with Gasteiger partial charge in [-0.3, -0.25) is 0 Å². The minimum Gasteiger partial charge on any atom is -0.319 e. The molecule has 0 amide bonds. The molecule has 0 bridgehead atoms. The minimum absolute atomic E-state index is 0.801. The number of halogens is 1. The first-order valence-electron chi connectivity index (χ1n) is 4.81. The van der Waals surface area contributed by atoms with Crippen LogP contribution in [0.15, 0.2) is 24.3 Å². The first kappa shape index (κ1) is 11.3. The van der Waals surface area contributed by atoms with Gasteiger partial charge in [-0.15, -0.1) is 0 Å². The number of hydrogen-bond acceptors (Lipinski definition) is 1. The van der Waals surface area contributed by atoms with Crippen molar-refractivity contribution in [2.24, 2.45) is 0 Å². The van der Waals surface area contributed by atoms with Crippen molar-refractivity contribution in [1.29, 1.82) is 0 Å². The van der Waals surface area contributed by atoms with Crippen LogP contribution in [0.5, 0.6) is 0 Å². The highest BCUT2D eigenvalue weighted by molar-refractivity contribution is 6.30. The maximum atomic E-state index is 5.87. The molecule has 76 valence electrons. The fourth-order valence-electron chi connectivity index (χ4n) is 1.26. The van der Waals surface area contributed by atoms with E-state index >= 15 is 0 Å². The molecule has 0 aliphatic rings. The van der Waals surface area contributed by atoms with Gasteiger partial charge in [0, 0.05) is 5.02 Å². The standard InChI is InChI=1S/C12H16ClN/c1-10-9-12(13)7-6-11(10)5-3-4-8-14-2/h3,5-7,9,14H,4,8H2,1-2H3. The van der Waals surface area contributed by atoms with Crippen LogP contribution in [0.1, 0.15) is 17.5 Å². The van der Waals surface area contributed by atoms with Gasteiger partial charge in [0.15, 0.2) is 0 Å². The molecule has 0 aliphatic carbocycles. The number of benzene rings is 1. The minimum atomic E-state index is 0.801. The van der Waals surface area contributed by atoms with E-state index in [0.717, 1.165) is 18.0 Å². The Kier molecular flexibility index (Phi) is 4.71. The van der Waals surface area contributed by atoms with E-state index in [1.54, 1.807) is 0 Å². The summed E-state index contributed by atoms with van der Waals surface area (Å²) in [5.41, 5.74) is 2.46. The molecule has 1 aromatic carbocycles. The van der Waals surface area contributed by atoms with E-state index in [1.807, 2.05) is 25.2 Å². The van der Waals surface area contributed by atoms with Gasteiger partial charge in [-0.25, -0.2) is 0 Å². The molecule has 0 fully saturated rings. The zero-order valence-corrected chi connectivity index (χ0v) is 9.43. The van der Waals surface area contributed by atoms with Crippen LogP contribution in [-0.4, -0.2) is 13.6 Å². The summed E-state index contributed by atoms with van der Waals surface area (Å²) in [7, 11) is 1.96. The van der Waals surface area contributed by atoms with E-state index in [9.17, 15) is 0 Å². The summed E-state index contributed by atoms with van der Waals surface area (Å²) in [6, 6.07) is 5.96. The lowest BCUT2D eigenvalue weighted by molar-refractivity contribution is 0.809. The zero-order chi connectivity index (χ0) is 10.4. The van der Waals surface area contributed by atoms with Gasteiger partial charge in [-0.2, -0.15) is 0 Å². The highest BCUT2D eigenvalue weighted by atomic mass is 35.5. The average Bonchev–Trinajstić information content (AvgIpc) is 2.15. The predicted octanol–water partition coefficient (Wildman–Crippen LogP) is 3.27. The van der Waals surface area contributed by atoms with E-state index in [0.29, 0.717) is 0 Å². The van der Waals surface area contributed by atoms with Crippen molar-refractivity contribution in [3.8, 4) is 0 Å². The van der Waals surface area contributed by atoms with Crippen molar-refractivity contribution >= 4 is 17.7 Å². The van der Waals surface area contributed by atoms with E-state index in [4.69, 9.17) is 11.6 Å². The Morgan fingerprint density at radius 3 is 2.86 bits per heavy atom. The number of hydrogen-bond donors (Lipinski definition) is 1. The van der Waals surface area contributed by atoms with Crippen LogP contribution >= 0.6 is 11.6 Å². The Hall–Kier alpha value is -0.790. The van der Waals surface area contributed by atoms with E-state index < -0.39 is 0 Å². The van der Waals surface area contributed by atoms with Crippen LogP contribution < -0.4 is 5.32 Å². The molecule has 0 spiro atoms. The molecule has 2 heteroatoms. The number of nitrogens with one attached hydrogen (secondary N) is 1. The maximum absolute atomic E-state index is 5.87. The maximum Gasteiger partial charge on any atom is 0.0409 e. The number of aryl methyl sites for hydroxylation is 1. The second-order valence-electron chi connectivity index (χ2n) is 3.30. The molecule has 1 N–H and O–H groups in total. The SMILES string of the molecule is CNCCC=Cc1ccc(Cl)cc1C. The third-order valence-corrected chi connectivity index (χ3v) is 2.33. The summed E-state index contributed by atoms with van der Waals surface area (Å²) >= 11 is 5.87. The Morgan fingerprint density at radius 1 is 1.43 bits per heavy atom. The van der Waals surface area contributed by atoms with Crippen molar-refractivity contribution in [3.63, 3.8) is 0 Å². The predicted molar refractivity (Wildman–Crippen MR) is 63.8 cm³/mol. The summed E-state index contributed by atoms with van der Waals surface area (Å²) < 4.78 is 0. The molecular weight excluding hydrogens is 194 g/mol. The molecule has 0 radical (unpaired) electrons. The van der Waals surface area contributed by atoms with Gasteiger partial charge in [0.25, 0.3) is 0 Å². The lowest BCUT2D eigenvalue weighted by Crippen LogP contribution is -2.05. The molecule has 0 unspecified atom stereocenters. The van der Waals surface area contributed by atoms with E-state index in [2.05, 4.69) is 24.4 Å². The van der Waals surface area contributed by atoms with Crippen molar-refractivity contribution in [2.45, 2.75) is 13.3 Å². The molecule has 0 atom stereocenters. The van der Waals surface area contributed by atoms with Crippen molar-refractivity contribution < 1.29 is 0 Å². The molecule has 1 rings (SSSR count). The van der Waals surface area contributed by atoms with Crippen LogP contribution in [0, 0.1) is 6.92 Å². The second kappa shape index (κ2) is 5.84. The lowest BCUT2D eigenvalue weighted by Gasteiger charge is -2.00. The van der Waals surface area contributed by atoms with E-state index in [-0.39, 0.29) is 0 Å². The monoisotopic (exact) mass is 209 g/mol. The molecule has 0 aromatic heterocycles. The Labute approximate surface area is 90.8 Å². The fourth-order valence-corrected chi connectivity index (χ4v) is 1.49. The first-order chi connectivity index (χ1) is 6.74. The quantitative estimate of drug-likeness (QED) is 0.751. The van der Waals surface area contributed by atoms with Gasteiger partial charge < -0.3 is 5.32 Å². The van der Waals surface area contributed by atoms with Gasteiger partial charge in [0.05, 0.1) is 0 Å². The summed E-state index contributed by atoms with van der Waals surface area (Å²) in [4.78, 5) is 0. The third-order valence-electron chi connectivity index (χ3n) is 2.09.